The van der Waals surface area contributed by atoms with Gasteiger partial charge in [0.25, 0.3) is 0 Å². The van der Waals surface area contributed by atoms with Crippen molar-refractivity contribution in [3.05, 3.63) is 0 Å². The van der Waals surface area contributed by atoms with Gasteiger partial charge in [-0.1, -0.05) is 0 Å². The smallest absolute Gasteiger partial charge is 0.326 e. The van der Waals surface area contributed by atoms with E-state index in [1.54, 1.807) is 0 Å². The summed E-state index contributed by atoms with van der Waals surface area (Å²) < 4.78 is 0. The third kappa shape index (κ3) is 12.6. The summed E-state index contributed by atoms with van der Waals surface area (Å²) in [7, 11) is 0. The molecule has 34 heavy (non-hydrogen) atoms. The summed E-state index contributed by atoms with van der Waals surface area (Å²) >= 11 is 3.86. The molecule has 0 radical (unpaired) electrons. The highest BCUT2D eigenvalue weighted by molar-refractivity contribution is 7.80. The van der Waals surface area contributed by atoms with E-state index in [1.165, 1.54) is 0 Å². The molecule has 0 aromatic heterocycles. The van der Waals surface area contributed by atoms with Crippen LogP contribution >= 0.6 is 12.6 Å². The Morgan fingerprint density at radius 2 is 1.06 bits per heavy atom. The van der Waals surface area contributed by atoms with Crippen LogP contribution in [0.4, 0.5) is 0 Å². The van der Waals surface area contributed by atoms with E-state index in [2.05, 4.69) is 28.6 Å². The maximum atomic E-state index is 12.7. The molecule has 4 amide bonds. The van der Waals surface area contributed by atoms with Crippen molar-refractivity contribution in [1.29, 1.82) is 0 Å². The Hall–Kier alpha value is -3.40. The molecule has 16 heteroatoms. The topological polar surface area (TPSA) is 268 Å². The molecule has 0 fully saturated rings. The van der Waals surface area contributed by atoms with E-state index in [9.17, 15) is 38.7 Å². The van der Waals surface area contributed by atoms with E-state index < -0.39 is 85.0 Å². The van der Waals surface area contributed by atoms with Crippen molar-refractivity contribution >= 4 is 54.2 Å². The molecule has 10 N–H and O–H groups in total. The van der Waals surface area contributed by atoms with Gasteiger partial charge in [0, 0.05) is 25.0 Å². The molecule has 0 spiro atoms. The van der Waals surface area contributed by atoms with Crippen LogP contribution in [0.5, 0.6) is 0 Å². The molecule has 0 aliphatic carbocycles. The number of thiol groups is 1. The molecular formula is C18H29N5O10S. The van der Waals surface area contributed by atoms with Crippen molar-refractivity contribution in [3.8, 4) is 0 Å². The molecule has 0 aliphatic rings. The number of rotatable bonds is 17. The number of primary amides is 1. The van der Waals surface area contributed by atoms with Gasteiger partial charge in [-0.3, -0.25) is 28.8 Å². The maximum Gasteiger partial charge on any atom is 0.326 e. The van der Waals surface area contributed by atoms with Crippen LogP contribution in [0.25, 0.3) is 0 Å². The zero-order chi connectivity index (χ0) is 26.4. The van der Waals surface area contributed by atoms with E-state index in [0.29, 0.717) is 0 Å². The van der Waals surface area contributed by atoms with Crippen molar-refractivity contribution in [2.75, 3.05) is 5.75 Å². The molecule has 0 aromatic carbocycles. The summed E-state index contributed by atoms with van der Waals surface area (Å²) in [5.74, 6) is -7.87. The lowest BCUT2D eigenvalue weighted by molar-refractivity contribution is -0.143. The summed E-state index contributed by atoms with van der Waals surface area (Å²) in [5, 5.41) is 33.6. The normalized spacial score (nSPS) is 14.1. The second-order valence-corrected chi connectivity index (χ2v) is 7.55. The lowest BCUT2D eigenvalue weighted by Crippen LogP contribution is -2.57. The summed E-state index contributed by atoms with van der Waals surface area (Å²) in [6.07, 6.45) is -2.67. The molecule has 0 heterocycles. The number of nitrogens with two attached hydrogens (primary N) is 2. The highest BCUT2D eigenvalue weighted by Crippen LogP contribution is 2.06. The molecule has 0 saturated heterocycles. The van der Waals surface area contributed by atoms with Crippen molar-refractivity contribution in [1.82, 2.24) is 16.0 Å². The Balaban J connectivity index is 5.59. The largest absolute Gasteiger partial charge is 0.481 e. The van der Waals surface area contributed by atoms with Crippen LogP contribution in [0.2, 0.25) is 0 Å². The van der Waals surface area contributed by atoms with Gasteiger partial charge < -0.3 is 42.7 Å². The Bertz CT molecular complexity index is 793. The van der Waals surface area contributed by atoms with E-state index in [4.69, 9.17) is 21.7 Å². The summed E-state index contributed by atoms with van der Waals surface area (Å²) in [4.78, 5) is 81.5. The van der Waals surface area contributed by atoms with Crippen molar-refractivity contribution in [2.24, 2.45) is 11.5 Å². The van der Waals surface area contributed by atoms with Crippen LogP contribution in [0.15, 0.2) is 0 Å². The standard InChI is InChI=1S/C18H29N5O10S/c19-8(7-34)15(29)21-9(2-5-13(25)26)16(30)22-10(3-6-14(27)28)17(31)23-11(18(32)33)1-4-12(20)24/h8-11,34H,1-7,19H2,(H2,20,24)(H,21,29)(H,22,30)(H,23,31)(H,25,26)(H,27,28)(H,32,33). The van der Waals surface area contributed by atoms with Gasteiger partial charge in [-0.25, -0.2) is 4.79 Å². The summed E-state index contributed by atoms with van der Waals surface area (Å²) in [5.41, 5.74) is 10.5. The van der Waals surface area contributed by atoms with E-state index in [-0.39, 0.29) is 25.0 Å². The van der Waals surface area contributed by atoms with Gasteiger partial charge in [-0.05, 0) is 19.3 Å². The van der Waals surface area contributed by atoms with Gasteiger partial charge in [0.05, 0.1) is 6.04 Å². The fourth-order valence-electron chi connectivity index (χ4n) is 2.52. The number of aliphatic carboxylic acids is 3. The fourth-order valence-corrected chi connectivity index (χ4v) is 2.69. The van der Waals surface area contributed by atoms with Gasteiger partial charge in [0.15, 0.2) is 0 Å². The number of carboxylic acid groups (broad SMARTS) is 3. The van der Waals surface area contributed by atoms with Crippen LogP contribution in [0, 0.1) is 0 Å². The number of nitrogens with one attached hydrogen (secondary N) is 3. The van der Waals surface area contributed by atoms with Crippen LogP contribution in [-0.4, -0.2) is 86.8 Å². The number of amides is 4. The van der Waals surface area contributed by atoms with Gasteiger partial charge >= 0.3 is 17.9 Å². The minimum Gasteiger partial charge on any atom is -0.481 e. The quantitative estimate of drug-likeness (QED) is 0.0883. The van der Waals surface area contributed by atoms with Crippen molar-refractivity contribution in [3.63, 3.8) is 0 Å². The lowest BCUT2D eigenvalue weighted by Gasteiger charge is -2.24. The molecule has 0 aromatic rings. The molecule has 15 nitrogen and oxygen atoms in total. The SMILES string of the molecule is NC(=O)CCC(NC(=O)C(CCC(=O)O)NC(=O)C(CCC(=O)O)NC(=O)C(N)CS)C(=O)O. The number of carbonyl (C=O) groups is 7. The van der Waals surface area contributed by atoms with Gasteiger partial charge in [-0.2, -0.15) is 12.6 Å². The molecule has 0 saturated carbocycles. The molecule has 0 aliphatic heterocycles. The van der Waals surface area contributed by atoms with Gasteiger partial charge in [0.2, 0.25) is 23.6 Å². The second-order valence-electron chi connectivity index (χ2n) is 7.18. The monoisotopic (exact) mass is 507 g/mol. The van der Waals surface area contributed by atoms with Crippen LogP contribution in [0.1, 0.15) is 38.5 Å². The molecule has 4 unspecified atom stereocenters. The first kappa shape index (κ1) is 30.6. The van der Waals surface area contributed by atoms with Crippen molar-refractivity contribution in [2.45, 2.75) is 62.7 Å². The van der Waals surface area contributed by atoms with Crippen molar-refractivity contribution < 1.29 is 48.9 Å². The zero-order valence-corrected chi connectivity index (χ0v) is 19.0. The average Bonchev–Trinajstić information content (AvgIpc) is 2.74. The minimum absolute atomic E-state index is 0.0787. The predicted molar refractivity (Wildman–Crippen MR) is 117 cm³/mol. The summed E-state index contributed by atoms with van der Waals surface area (Å²) in [6.45, 7) is 0. The molecule has 0 rings (SSSR count). The van der Waals surface area contributed by atoms with E-state index in [1.807, 2.05) is 0 Å². The second kappa shape index (κ2) is 15.4. The van der Waals surface area contributed by atoms with E-state index >= 15 is 0 Å². The third-order valence-electron chi connectivity index (χ3n) is 4.39. The average molecular weight is 508 g/mol. The highest BCUT2D eigenvalue weighted by Gasteiger charge is 2.30. The predicted octanol–water partition coefficient (Wildman–Crippen LogP) is -3.22. The van der Waals surface area contributed by atoms with Crippen LogP contribution < -0.4 is 27.4 Å². The first-order valence-electron chi connectivity index (χ1n) is 10.0. The Morgan fingerprint density at radius 1 is 0.676 bits per heavy atom. The number of hydrogen-bond donors (Lipinski definition) is 9. The Kier molecular flexibility index (Phi) is 13.9. The number of carbonyl (C=O) groups excluding carboxylic acids is 4. The highest BCUT2D eigenvalue weighted by atomic mass is 32.1. The first-order chi connectivity index (χ1) is 15.8. The first-order valence-corrected chi connectivity index (χ1v) is 10.6. The fraction of sp³-hybridized carbons (Fsp3) is 0.611. The third-order valence-corrected chi connectivity index (χ3v) is 4.78. The number of carboxylic acids is 3. The molecule has 192 valence electrons. The molecule has 0 bridgehead atoms. The van der Waals surface area contributed by atoms with Crippen LogP contribution in [-0.2, 0) is 33.6 Å². The van der Waals surface area contributed by atoms with Gasteiger partial charge in [-0.15, -0.1) is 0 Å². The molecular weight excluding hydrogens is 478 g/mol. The Morgan fingerprint density at radius 3 is 1.41 bits per heavy atom. The number of hydrogen-bond acceptors (Lipinski definition) is 9. The zero-order valence-electron chi connectivity index (χ0n) is 18.1. The lowest BCUT2D eigenvalue weighted by atomic mass is 10.1. The van der Waals surface area contributed by atoms with Gasteiger partial charge in [0.1, 0.15) is 18.1 Å². The minimum atomic E-state index is -1.56. The molecule has 4 atom stereocenters. The Labute approximate surface area is 199 Å². The van der Waals surface area contributed by atoms with E-state index in [0.717, 1.165) is 0 Å². The maximum absolute atomic E-state index is 12.7. The summed E-state index contributed by atoms with van der Waals surface area (Å²) in [6, 6.07) is -5.67. The van der Waals surface area contributed by atoms with Crippen LogP contribution in [0.3, 0.4) is 0 Å².